The highest BCUT2D eigenvalue weighted by Gasteiger charge is 2.22. The third-order valence-electron chi connectivity index (χ3n) is 2.48. The third kappa shape index (κ3) is 2.20. The van der Waals surface area contributed by atoms with Crippen LogP contribution in [0.3, 0.4) is 0 Å². The van der Waals surface area contributed by atoms with Crippen molar-refractivity contribution in [3.8, 4) is 6.07 Å². The van der Waals surface area contributed by atoms with Crippen LogP contribution in [0.25, 0.3) is 0 Å². The largest absolute Gasteiger partial charge is 0.368 e. The third-order valence-corrected chi connectivity index (χ3v) is 2.48. The Kier molecular flexibility index (Phi) is 3.17. The highest BCUT2D eigenvalue weighted by Crippen LogP contribution is 2.15. The van der Waals surface area contributed by atoms with Crippen LogP contribution >= 0.6 is 0 Å². The Morgan fingerprint density at radius 1 is 1.69 bits per heavy atom. The van der Waals surface area contributed by atoms with Gasteiger partial charge < -0.3 is 10.1 Å². The number of carbonyl (C=O) groups excluding carboxylic acids is 1. The second kappa shape index (κ2) is 4.77. The number of rotatable bonds is 2. The average molecular weight is 220 g/mol. The molecule has 1 amide bonds. The van der Waals surface area contributed by atoms with Gasteiger partial charge in [-0.25, -0.2) is 0 Å². The number of aromatic nitrogens is 2. The average Bonchev–Trinajstić information content (AvgIpc) is 2.77. The molecule has 1 atom stereocenters. The van der Waals surface area contributed by atoms with E-state index in [0.717, 1.165) is 19.3 Å². The molecule has 16 heavy (non-hydrogen) atoms. The number of H-pyrrole nitrogens is 1. The zero-order chi connectivity index (χ0) is 11.4. The van der Waals surface area contributed by atoms with E-state index in [1.807, 2.05) is 6.07 Å². The van der Waals surface area contributed by atoms with Crippen LogP contribution in [0.2, 0.25) is 0 Å². The van der Waals surface area contributed by atoms with Crippen molar-refractivity contribution >= 4 is 11.7 Å². The summed E-state index contributed by atoms with van der Waals surface area (Å²) in [4.78, 5) is 11.7. The summed E-state index contributed by atoms with van der Waals surface area (Å²) in [7, 11) is 0. The number of aromatic amines is 1. The van der Waals surface area contributed by atoms with Crippen LogP contribution in [0.4, 0.5) is 5.82 Å². The maximum absolute atomic E-state index is 11.7. The fourth-order valence-corrected chi connectivity index (χ4v) is 1.62. The molecule has 2 rings (SSSR count). The number of ether oxygens (including phenoxy) is 1. The first-order valence-corrected chi connectivity index (χ1v) is 5.17. The van der Waals surface area contributed by atoms with Crippen molar-refractivity contribution in [2.75, 3.05) is 11.9 Å². The van der Waals surface area contributed by atoms with Gasteiger partial charge in [-0.2, -0.15) is 10.4 Å². The predicted molar refractivity (Wildman–Crippen MR) is 55.5 cm³/mol. The van der Waals surface area contributed by atoms with E-state index < -0.39 is 6.10 Å². The van der Waals surface area contributed by atoms with Gasteiger partial charge in [0, 0.05) is 6.61 Å². The van der Waals surface area contributed by atoms with Gasteiger partial charge in [-0.1, -0.05) is 0 Å². The van der Waals surface area contributed by atoms with Crippen LogP contribution in [0.1, 0.15) is 24.8 Å². The fraction of sp³-hybridized carbons (Fsp3) is 0.500. The van der Waals surface area contributed by atoms with Crippen LogP contribution in [-0.2, 0) is 9.53 Å². The summed E-state index contributed by atoms with van der Waals surface area (Å²) in [5.74, 6) is 0.113. The summed E-state index contributed by atoms with van der Waals surface area (Å²) in [5, 5.41) is 17.6. The summed E-state index contributed by atoms with van der Waals surface area (Å²) in [6.45, 7) is 0.617. The minimum atomic E-state index is -0.413. The van der Waals surface area contributed by atoms with E-state index >= 15 is 0 Å². The van der Waals surface area contributed by atoms with E-state index in [9.17, 15) is 4.79 Å². The Morgan fingerprint density at radius 2 is 2.56 bits per heavy atom. The second-order valence-corrected chi connectivity index (χ2v) is 3.61. The monoisotopic (exact) mass is 220 g/mol. The van der Waals surface area contributed by atoms with Gasteiger partial charge in [0.1, 0.15) is 23.6 Å². The van der Waals surface area contributed by atoms with Crippen molar-refractivity contribution in [2.24, 2.45) is 0 Å². The summed E-state index contributed by atoms with van der Waals surface area (Å²) >= 11 is 0. The highest BCUT2D eigenvalue weighted by atomic mass is 16.5. The first-order valence-electron chi connectivity index (χ1n) is 5.17. The Morgan fingerprint density at radius 3 is 3.25 bits per heavy atom. The van der Waals surface area contributed by atoms with Gasteiger partial charge in [0.25, 0.3) is 5.91 Å². The Bertz CT molecular complexity index is 415. The number of hydrogen-bond donors (Lipinski definition) is 2. The molecular weight excluding hydrogens is 208 g/mol. The van der Waals surface area contributed by atoms with Crippen molar-refractivity contribution in [1.29, 1.82) is 5.26 Å². The molecule has 0 spiro atoms. The molecule has 0 radical (unpaired) electrons. The number of anilines is 1. The van der Waals surface area contributed by atoms with Crippen molar-refractivity contribution in [3.05, 3.63) is 11.8 Å². The molecule has 2 N–H and O–H groups in total. The molecular formula is C10H12N4O2. The molecule has 1 fully saturated rings. The van der Waals surface area contributed by atoms with Crippen LogP contribution < -0.4 is 5.32 Å². The normalized spacial score (nSPS) is 20.1. The zero-order valence-corrected chi connectivity index (χ0v) is 8.69. The molecule has 0 bridgehead atoms. The van der Waals surface area contributed by atoms with Gasteiger partial charge in [0.2, 0.25) is 0 Å². The van der Waals surface area contributed by atoms with E-state index in [2.05, 4.69) is 15.5 Å². The zero-order valence-electron chi connectivity index (χ0n) is 8.69. The number of nitrogens with one attached hydrogen (secondary N) is 2. The molecule has 1 aliphatic heterocycles. The molecule has 0 aliphatic carbocycles. The molecule has 1 aliphatic rings. The summed E-state index contributed by atoms with van der Waals surface area (Å²) in [6, 6.07) is 1.93. The van der Waals surface area contributed by atoms with Gasteiger partial charge >= 0.3 is 0 Å². The van der Waals surface area contributed by atoms with Crippen molar-refractivity contribution in [2.45, 2.75) is 25.4 Å². The molecule has 1 saturated heterocycles. The number of hydrogen-bond acceptors (Lipinski definition) is 4. The van der Waals surface area contributed by atoms with Gasteiger partial charge in [-0.05, 0) is 19.3 Å². The molecule has 1 aromatic rings. The first-order chi connectivity index (χ1) is 7.81. The van der Waals surface area contributed by atoms with Crippen molar-refractivity contribution in [1.82, 2.24) is 10.2 Å². The minimum Gasteiger partial charge on any atom is -0.368 e. The maximum atomic E-state index is 11.7. The summed E-state index contributed by atoms with van der Waals surface area (Å²) in [6.07, 6.45) is 3.67. The van der Waals surface area contributed by atoms with Crippen LogP contribution in [0.15, 0.2) is 6.20 Å². The number of nitriles is 1. The molecule has 6 heteroatoms. The molecule has 0 aromatic carbocycles. The lowest BCUT2D eigenvalue weighted by atomic mass is 10.1. The van der Waals surface area contributed by atoms with Gasteiger partial charge in [-0.15, -0.1) is 0 Å². The SMILES string of the molecule is N#Cc1cn[nH]c1NC(=O)C1CCCCO1. The highest BCUT2D eigenvalue weighted by molar-refractivity contribution is 5.94. The quantitative estimate of drug-likeness (QED) is 0.770. The van der Waals surface area contributed by atoms with E-state index in [4.69, 9.17) is 10.00 Å². The maximum Gasteiger partial charge on any atom is 0.254 e. The molecule has 2 heterocycles. The van der Waals surface area contributed by atoms with Crippen LogP contribution in [0, 0.1) is 11.3 Å². The summed E-state index contributed by atoms with van der Waals surface area (Å²) in [5.41, 5.74) is 0.323. The number of nitrogens with zero attached hydrogens (tertiary/aromatic N) is 2. The predicted octanol–water partition coefficient (Wildman–Crippen LogP) is 0.789. The Hall–Kier alpha value is -1.87. The first kappa shape index (κ1) is 10.6. The number of carbonyl (C=O) groups is 1. The smallest absolute Gasteiger partial charge is 0.254 e. The van der Waals surface area contributed by atoms with Gasteiger partial charge in [0.15, 0.2) is 0 Å². The number of amides is 1. The van der Waals surface area contributed by atoms with Gasteiger partial charge in [0.05, 0.1) is 6.20 Å². The van der Waals surface area contributed by atoms with Crippen molar-refractivity contribution in [3.63, 3.8) is 0 Å². The lowest BCUT2D eigenvalue weighted by Gasteiger charge is -2.21. The van der Waals surface area contributed by atoms with E-state index in [0.29, 0.717) is 18.0 Å². The molecule has 0 saturated carbocycles. The Balaban J connectivity index is 1.99. The van der Waals surface area contributed by atoms with E-state index in [1.54, 1.807) is 0 Å². The van der Waals surface area contributed by atoms with Crippen LogP contribution in [-0.4, -0.2) is 28.8 Å². The van der Waals surface area contributed by atoms with Crippen molar-refractivity contribution < 1.29 is 9.53 Å². The molecule has 1 unspecified atom stereocenters. The summed E-state index contributed by atoms with van der Waals surface area (Å²) < 4.78 is 5.33. The molecule has 84 valence electrons. The van der Waals surface area contributed by atoms with Gasteiger partial charge in [-0.3, -0.25) is 9.89 Å². The standard InChI is InChI=1S/C10H12N4O2/c11-5-7-6-12-14-9(7)13-10(15)8-3-1-2-4-16-8/h6,8H,1-4H2,(H2,12,13,14,15). The minimum absolute atomic E-state index is 0.222. The lowest BCUT2D eigenvalue weighted by Crippen LogP contribution is -2.33. The Labute approximate surface area is 92.6 Å². The fourth-order valence-electron chi connectivity index (χ4n) is 1.62. The topological polar surface area (TPSA) is 90.8 Å². The van der Waals surface area contributed by atoms with Crippen LogP contribution in [0.5, 0.6) is 0 Å². The van der Waals surface area contributed by atoms with E-state index in [-0.39, 0.29) is 5.91 Å². The van der Waals surface area contributed by atoms with E-state index in [1.165, 1.54) is 6.20 Å². The molecule has 1 aromatic heterocycles. The second-order valence-electron chi connectivity index (χ2n) is 3.61. The molecule has 6 nitrogen and oxygen atoms in total. The lowest BCUT2D eigenvalue weighted by molar-refractivity contribution is -0.130.